The van der Waals surface area contributed by atoms with Gasteiger partial charge in [-0.05, 0) is 48.7 Å². The van der Waals surface area contributed by atoms with E-state index in [-0.39, 0.29) is 18.2 Å². The summed E-state index contributed by atoms with van der Waals surface area (Å²) < 4.78 is 5.19. The first-order valence-electron chi connectivity index (χ1n) is 7.75. The molecular formula is C19H21NO4. The minimum absolute atomic E-state index is 0.0671. The van der Waals surface area contributed by atoms with Crippen LogP contribution in [-0.4, -0.2) is 24.1 Å². The summed E-state index contributed by atoms with van der Waals surface area (Å²) in [5.41, 5.74) is 2.41. The van der Waals surface area contributed by atoms with E-state index in [0.29, 0.717) is 17.9 Å². The molecule has 1 atom stereocenters. The molecule has 126 valence electrons. The molecule has 5 heteroatoms. The second-order valence-corrected chi connectivity index (χ2v) is 5.58. The molecule has 2 aromatic carbocycles. The molecule has 2 aromatic rings. The van der Waals surface area contributed by atoms with Crippen LogP contribution in [0.15, 0.2) is 48.5 Å². The van der Waals surface area contributed by atoms with Crippen LogP contribution in [-0.2, 0) is 16.0 Å². The van der Waals surface area contributed by atoms with E-state index in [1.165, 1.54) is 0 Å². The highest BCUT2D eigenvalue weighted by Crippen LogP contribution is 2.22. The number of anilines is 1. The summed E-state index contributed by atoms with van der Waals surface area (Å²) in [6.45, 7) is 1.83. The fraction of sp³-hybridized carbons (Fsp3) is 0.263. The van der Waals surface area contributed by atoms with Gasteiger partial charge in [0.25, 0.3) is 0 Å². The second-order valence-electron chi connectivity index (χ2n) is 5.58. The Hall–Kier alpha value is -2.82. The number of carbonyl (C=O) groups excluding carboxylic acids is 1. The molecule has 0 fully saturated rings. The molecule has 0 aliphatic heterocycles. The fourth-order valence-electron chi connectivity index (χ4n) is 2.37. The highest BCUT2D eigenvalue weighted by Gasteiger charge is 2.16. The summed E-state index contributed by atoms with van der Waals surface area (Å²) >= 11 is 0. The van der Waals surface area contributed by atoms with Gasteiger partial charge >= 0.3 is 5.97 Å². The number of nitrogens with one attached hydrogen (secondary N) is 1. The molecule has 2 N–H and O–H groups in total. The maximum atomic E-state index is 12.4. The second kappa shape index (κ2) is 8.15. The van der Waals surface area contributed by atoms with Gasteiger partial charge in [-0.1, -0.05) is 24.3 Å². The third-order valence-corrected chi connectivity index (χ3v) is 3.81. The maximum absolute atomic E-state index is 12.4. The van der Waals surface area contributed by atoms with Crippen molar-refractivity contribution < 1.29 is 19.4 Å². The van der Waals surface area contributed by atoms with Crippen LogP contribution in [0.25, 0.3) is 0 Å². The summed E-state index contributed by atoms with van der Waals surface area (Å²) in [5.74, 6) is -0.583. The van der Waals surface area contributed by atoms with Gasteiger partial charge in [-0.15, -0.1) is 0 Å². The number of aryl methyl sites for hydroxylation is 1. The van der Waals surface area contributed by atoms with E-state index in [4.69, 9.17) is 9.84 Å². The van der Waals surface area contributed by atoms with Crippen molar-refractivity contribution in [2.24, 2.45) is 0 Å². The Bertz CT molecular complexity index is 727. The average Bonchev–Trinajstić information content (AvgIpc) is 2.59. The topological polar surface area (TPSA) is 75.6 Å². The SMILES string of the molecule is COc1cccc(C(C)C(=O)Nc2cccc(CCC(=O)O)c2)c1. The number of carboxylic acids is 1. The van der Waals surface area contributed by atoms with E-state index >= 15 is 0 Å². The number of amides is 1. The molecule has 0 aliphatic rings. The maximum Gasteiger partial charge on any atom is 0.303 e. The number of hydrogen-bond acceptors (Lipinski definition) is 3. The van der Waals surface area contributed by atoms with Gasteiger partial charge in [-0.3, -0.25) is 9.59 Å². The van der Waals surface area contributed by atoms with Gasteiger partial charge in [0.2, 0.25) is 5.91 Å². The molecule has 0 spiro atoms. The van der Waals surface area contributed by atoms with Crippen LogP contribution in [0, 0.1) is 0 Å². The van der Waals surface area contributed by atoms with Gasteiger partial charge in [0, 0.05) is 12.1 Å². The summed E-state index contributed by atoms with van der Waals surface area (Å²) in [6, 6.07) is 14.7. The first-order valence-corrected chi connectivity index (χ1v) is 7.75. The van der Waals surface area contributed by atoms with Crippen molar-refractivity contribution in [1.29, 1.82) is 0 Å². The van der Waals surface area contributed by atoms with E-state index in [1.807, 2.05) is 43.3 Å². The molecule has 0 bridgehead atoms. The molecule has 0 saturated heterocycles. The Morgan fingerprint density at radius 3 is 2.62 bits per heavy atom. The number of rotatable bonds is 7. The summed E-state index contributed by atoms with van der Waals surface area (Å²) in [6.07, 6.45) is 0.502. The Morgan fingerprint density at radius 2 is 1.92 bits per heavy atom. The Morgan fingerprint density at radius 1 is 1.17 bits per heavy atom. The minimum Gasteiger partial charge on any atom is -0.497 e. The van der Waals surface area contributed by atoms with E-state index in [1.54, 1.807) is 19.2 Å². The van der Waals surface area contributed by atoms with Crippen LogP contribution >= 0.6 is 0 Å². The number of carbonyl (C=O) groups is 2. The third-order valence-electron chi connectivity index (χ3n) is 3.81. The van der Waals surface area contributed by atoms with E-state index in [2.05, 4.69) is 5.32 Å². The Kier molecular flexibility index (Phi) is 5.95. The van der Waals surface area contributed by atoms with E-state index < -0.39 is 5.97 Å². The molecule has 0 aromatic heterocycles. The standard InChI is InChI=1S/C19H21NO4/c1-13(15-6-4-8-17(12-15)24-2)19(23)20-16-7-3-5-14(11-16)9-10-18(21)22/h3-8,11-13H,9-10H2,1-2H3,(H,20,23)(H,21,22). The van der Waals surface area contributed by atoms with Crippen LogP contribution in [0.1, 0.15) is 30.4 Å². The molecule has 0 radical (unpaired) electrons. The zero-order chi connectivity index (χ0) is 17.5. The van der Waals surface area contributed by atoms with Crippen LogP contribution in [0.2, 0.25) is 0 Å². The highest BCUT2D eigenvalue weighted by atomic mass is 16.5. The number of hydrogen-bond donors (Lipinski definition) is 2. The monoisotopic (exact) mass is 327 g/mol. The van der Waals surface area contributed by atoms with Crippen molar-refractivity contribution >= 4 is 17.6 Å². The van der Waals surface area contributed by atoms with Crippen LogP contribution in [0.3, 0.4) is 0 Å². The zero-order valence-corrected chi connectivity index (χ0v) is 13.8. The first-order chi connectivity index (χ1) is 11.5. The largest absolute Gasteiger partial charge is 0.497 e. The normalized spacial score (nSPS) is 11.6. The summed E-state index contributed by atoms with van der Waals surface area (Å²) in [4.78, 5) is 23.1. The average molecular weight is 327 g/mol. The number of methoxy groups -OCH3 is 1. The van der Waals surface area contributed by atoms with Crippen LogP contribution in [0.4, 0.5) is 5.69 Å². The van der Waals surface area contributed by atoms with Gasteiger partial charge in [-0.25, -0.2) is 0 Å². The number of benzene rings is 2. The van der Waals surface area contributed by atoms with Crippen molar-refractivity contribution in [2.45, 2.75) is 25.7 Å². The molecule has 24 heavy (non-hydrogen) atoms. The van der Waals surface area contributed by atoms with Crippen molar-refractivity contribution in [3.8, 4) is 5.75 Å². The van der Waals surface area contributed by atoms with E-state index in [9.17, 15) is 9.59 Å². The van der Waals surface area contributed by atoms with Gasteiger partial charge in [0.15, 0.2) is 0 Å². The quantitative estimate of drug-likeness (QED) is 0.816. The number of ether oxygens (including phenoxy) is 1. The van der Waals surface area contributed by atoms with Crippen LogP contribution < -0.4 is 10.1 Å². The Labute approximate surface area is 141 Å². The van der Waals surface area contributed by atoms with Crippen molar-refractivity contribution in [3.05, 3.63) is 59.7 Å². The molecule has 1 amide bonds. The number of aliphatic carboxylic acids is 1. The lowest BCUT2D eigenvalue weighted by atomic mass is 10.00. The molecule has 1 unspecified atom stereocenters. The lowest BCUT2D eigenvalue weighted by molar-refractivity contribution is -0.137. The molecule has 0 heterocycles. The summed E-state index contributed by atoms with van der Waals surface area (Å²) in [7, 11) is 1.59. The minimum atomic E-state index is -0.837. The fourth-order valence-corrected chi connectivity index (χ4v) is 2.37. The molecule has 5 nitrogen and oxygen atoms in total. The van der Waals surface area contributed by atoms with E-state index in [0.717, 1.165) is 11.1 Å². The van der Waals surface area contributed by atoms with Crippen LogP contribution in [0.5, 0.6) is 5.75 Å². The lowest BCUT2D eigenvalue weighted by Crippen LogP contribution is -2.19. The first kappa shape index (κ1) is 17.5. The molecule has 0 aliphatic carbocycles. The van der Waals surface area contributed by atoms with Gasteiger partial charge < -0.3 is 15.2 Å². The summed E-state index contributed by atoms with van der Waals surface area (Å²) in [5, 5.41) is 11.6. The molecule has 2 rings (SSSR count). The van der Waals surface area contributed by atoms with Gasteiger partial charge in [0.1, 0.15) is 5.75 Å². The van der Waals surface area contributed by atoms with Gasteiger partial charge in [-0.2, -0.15) is 0 Å². The zero-order valence-electron chi connectivity index (χ0n) is 13.8. The highest BCUT2D eigenvalue weighted by molar-refractivity contribution is 5.95. The lowest BCUT2D eigenvalue weighted by Gasteiger charge is -2.14. The molecular weight excluding hydrogens is 306 g/mol. The van der Waals surface area contributed by atoms with Crippen molar-refractivity contribution in [1.82, 2.24) is 0 Å². The predicted octanol–water partition coefficient (Wildman–Crippen LogP) is 3.45. The Balaban J connectivity index is 2.05. The van der Waals surface area contributed by atoms with Gasteiger partial charge in [0.05, 0.1) is 13.0 Å². The smallest absolute Gasteiger partial charge is 0.303 e. The predicted molar refractivity (Wildman–Crippen MR) is 92.4 cm³/mol. The van der Waals surface area contributed by atoms with Crippen molar-refractivity contribution in [2.75, 3.05) is 12.4 Å². The van der Waals surface area contributed by atoms with Crippen molar-refractivity contribution in [3.63, 3.8) is 0 Å². The third kappa shape index (κ3) is 4.84. The number of carboxylic acid groups (broad SMARTS) is 1. The molecule has 0 saturated carbocycles.